The quantitative estimate of drug-likeness (QED) is 0.650. The van der Waals surface area contributed by atoms with Crippen molar-refractivity contribution in [2.75, 3.05) is 26.9 Å². The van der Waals surface area contributed by atoms with Crippen LogP contribution in [-0.4, -0.2) is 33.0 Å². The lowest BCUT2D eigenvalue weighted by Crippen LogP contribution is -2.15. The zero-order chi connectivity index (χ0) is 15.1. The van der Waals surface area contributed by atoms with Crippen LogP contribution in [0.4, 0.5) is 0 Å². The fourth-order valence-electron chi connectivity index (χ4n) is 2.05. The number of benzene rings is 1. The van der Waals surface area contributed by atoms with E-state index in [-0.39, 0.29) is 0 Å². The molecular weight excluding hydrogens is 334 g/mol. The summed E-state index contributed by atoms with van der Waals surface area (Å²) in [5.74, 6) is 1.58. The maximum absolute atomic E-state index is 5.84. The maximum atomic E-state index is 5.84. The molecule has 1 aromatic rings. The molecule has 0 amide bonds. The Morgan fingerprint density at radius 2 is 2.05 bits per heavy atom. The summed E-state index contributed by atoms with van der Waals surface area (Å²) >= 11 is 3.60. The van der Waals surface area contributed by atoms with Crippen LogP contribution in [0.2, 0.25) is 0 Å². The third-order valence-corrected chi connectivity index (χ3v) is 3.87. The van der Waals surface area contributed by atoms with Gasteiger partial charge in [-0.1, -0.05) is 0 Å². The highest BCUT2D eigenvalue weighted by molar-refractivity contribution is 9.10. The van der Waals surface area contributed by atoms with Gasteiger partial charge < -0.3 is 19.5 Å². The Balaban J connectivity index is 2.02. The van der Waals surface area contributed by atoms with Gasteiger partial charge in [0.2, 0.25) is 0 Å². The Morgan fingerprint density at radius 1 is 1.24 bits per heavy atom. The average Bonchev–Trinajstić information content (AvgIpc) is 3.28. The molecule has 0 bridgehead atoms. The molecule has 0 aliphatic heterocycles. The van der Waals surface area contributed by atoms with Crippen LogP contribution >= 0.6 is 15.9 Å². The molecule has 1 fully saturated rings. The molecule has 0 heterocycles. The molecule has 0 radical (unpaired) electrons. The Hall–Kier alpha value is -0.780. The van der Waals surface area contributed by atoms with Gasteiger partial charge in [0.15, 0.2) is 11.5 Å². The summed E-state index contributed by atoms with van der Waals surface area (Å²) in [7, 11) is 1.70. The molecular formula is C16H24BrNO3. The van der Waals surface area contributed by atoms with Crippen molar-refractivity contribution < 1.29 is 14.2 Å². The van der Waals surface area contributed by atoms with Crippen molar-refractivity contribution in [1.29, 1.82) is 0 Å². The highest BCUT2D eigenvalue weighted by Crippen LogP contribution is 2.37. The van der Waals surface area contributed by atoms with Gasteiger partial charge in [-0.3, -0.25) is 0 Å². The van der Waals surface area contributed by atoms with E-state index in [9.17, 15) is 0 Å². The normalized spacial score (nSPS) is 14.2. The maximum Gasteiger partial charge on any atom is 0.175 e. The Bertz CT molecular complexity index is 449. The van der Waals surface area contributed by atoms with E-state index in [1.54, 1.807) is 7.11 Å². The number of halogens is 1. The molecule has 118 valence electrons. The van der Waals surface area contributed by atoms with Gasteiger partial charge in [-0.05, 0) is 53.4 Å². The second-order valence-electron chi connectivity index (χ2n) is 5.19. The molecule has 0 atom stereocenters. The summed E-state index contributed by atoms with van der Waals surface area (Å²) in [6.45, 7) is 4.79. The minimum Gasteiger partial charge on any atom is -0.490 e. The summed E-state index contributed by atoms with van der Waals surface area (Å²) in [6, 6.07) is 4.86. The van der Waals surface area contributed by atoms with E-state index < -0.39 is 0 Å². The van der Waals surface area contributed by atoms with E-state index in [1.807, 2.05) is 6.92 Å². The standard InChI is InChI=1S/C16H24BrNO3/c1-3-20-15-10-12(11-18-13-5-6-13)9-14(17)16(15)21-8-4-7-19-2/h9-10,13,18H,3-8,11H2,1-2H3. The van der Waals surface area contributed by atoms with E-state index >= 15 is 0 Å². The molecule has 0 unspecified atom stereocenters. The average molecular weight is 358 g/mol. The van der Waals surface area contributed by atoms with Crippen LogP contribution in [0.3, 0.4) is 0 Å². The van der Waals surface area contributed by atoms with Crippen LogP contribution in [0, 0.1) is 0 Å². The lowest BCUT2D eigenvalue weighted by molar-refractivity contribution is 0.169. The van der Waals surface area contributed by atoms with E-state index in [0.29, 0.717) is 25.9 Å². The Labute approximate surface area is 135 Å². The Kier molecular flexibility index (Phi) is 6.80. The molecule has 0 saturated heterocycles. The summed E-state index contributed by atoms with van der Waals surface area (Å²) in [5, 5.41) is 3.52. The first kappa shape index (κ1) is 16.6. The van der Waals surface area contributed by atoms with E-state index in [1.165, 1.54) is 18.4 Å². The summed E-state index contributed by atoms with van der Waals surface area (Å²) in [5.41, 5.74) is 1.21. The fraction of sp³-hybridized carbons (Fsp3) is 0.625. The van der Waals surface area contributed by atoms with Gasteiger partial charge in [0.1, 0.15) is 0 Å². The molecule has 4 nitrogen and oxygen atoms in total. The first-order chi connectivity index (χ1) is 10.2. The second kappa shape index (κ2) is 8.61. The van der Waals surface area contributed by atoms with Gasteiger partial charge in [0.25, 0.3) is 0 Å². The van der Waals surface area contributed by atoms with Crippen molar-refractivity contribution in [1.82, 2.24) is 5.32 Å². The minimum absolute atomic E-state index is 0.617. The third-order valence-electron chi connectivity index (χ3n) is 3.28. The molecule has 5 heteroatoms. The SMILES string of the molecule is CCOc1cc(CNC2CC2)cc(Br)c1OCCCOC. The van der Waals surface area contributed by atoms with Gasteiger partial charge in [-0.2, -0.15) is 0 Å². The first-order valence-corrected chi connectivity index (χ1v) is 8.34. The predicted octanol–water partition coefficient (Wildman–Crippen LogP) is 3.52. The van der Waals surface area contributed by atoms with E-state index in [2.05, 4.69) is 33.4 Å². The van der Waals surface area contributed by atoms with Crippen LogP contribution in [0.15, 0.2) is 16.6 Å². The molecule has 1 aliphatic rings. The van der Waals surface area contributed by atoms with Crippen molar-refractivity contribution in [3.63, 3.8) is 0 Å². The van der Waals surface area contributed by atoms with Crippen LogP contribution in [0.1, 0.15) is 31.7 Å². The van der Waals surface area contributed by atoms with Gasteiger partial charge in [-0.25, -0.2) is 0 Å². The molecule has 0 spiro atoms. The van der Waals surface area contributed by atoms with Crippen molar-refractivity contribution >= 4 is 15.9 Å². The molecule has 1 aliphatic carbocycles. The predicted molar refractivity (Wildman–Crippen MR) is 87.2 cm³/mol. The molecule has 2 rings (SSSR count). The molecule has 1 N–H and O–H groups in total. The monoisotopic (exact) mass is 357 g/mol. The minimum atomic E-state index is 0.617. The lowest BCUT2D eigenvalue weighted by atomic mass is 10.2. The summed E-state index contributed by atoms with van der Waals surface area (Å²) in [4.78, 5) is 0. The fourth-order valence-corrected chi connectivity index (χ4v) is 2.66. The number of hydrogen-bond donors (Lipinski definition) is 1. The van der Waals surface area contributed by atoms with Gasteiger partial charge in [0, 0.05) is 32.7 Å². The highest BCUT2D eigenvalue weighted by Gasteiger charge is 2.20. The lowest BCUT2D eigenvalue weighted by Gasteiger charge is -2.15. The van der Waals surface area contributed by atoms with Crippen molar-refractivity contribution in [3.05, 3.63) is 22.2 Å². The van der Waals surface area contributed by atoms with Crippen LogP contribution in [0.5, 0.6) is 11.5 Å². The van der Waals surface area contributed by atoms with Crippen LogP contribution < -0.4 is 14.8 Å². The number of ether oxygens (including phenoxy) is 3. The number of hydrogen-bond acceptors (Lipinski definition) is 4. The van der Waals surface area contributed by atoms with Crippen molar-refractivity contribution in [2.45, 2.75) is 38.8 Å². The molecule has 1 aromatic carbocycles. The van der Waals surface area contributed by atoms with Crippen molar-refractivity contribution in [2.24, 2.45) is 0 Å². The van der Waals surface area contributed by atoms with Crippen LogP contribution in [-0.2, 0) is 11.3 Å². The first-order valence-electron chi connectivity index (χ1n) is 7.55. The number of rotatable bonds is 10. The highest BCUT2D eigenvalue weighted by atomic mass is 79.9. The zero-order valence-electron chi connectivity index (χ0n) is 12.8. The zero-order valence-corrected chi connectivity index (χ0v) is 14.4. The second-order valence-corrected chi connectivity index (χ2v) is 6.04. The summed E-state index contributed by atoms with van der Waals surface area (Å²) in [6.07, 6.45) is 3.44. The summed E-state index contributed by atoms with van der Waals surface area (Å²) < 4.78 is 17.5. The van der Waals surface area contributed by atoms with E-state index in [0.717, 1.165) is 28.9 Å². The smallest absolute Gasteiger partial charge is 0.175 e. The number of methoxy groups -OCH3 is 1. The molecule has 21 heavy (non-hydrogen) atoms. The molecule has 1 saturated carbocycles. The largest absolute Gasteiger partial charge is 0.490 e. The van der Waals surface area contributed by atoms with Crippen molar-refractivity contribution in [3.8, 4) is 11.5 Å². The van der Waals surface area contributed by atoms with Gasteiger partial charge >= 0.3 is 0 Å². The van der Waals surface area contributed by atoms with Crippen LogP contribution in [0.25, 0.3) is 0 Å². The van der Waals surface area contributed by atoms with E-state index in [4.69, 9.17) is 14.2 Å². The van der Waals surface area contributed by atoms with Gasteiger partial charge in [-0.15, -0.1) is 0 Å². The topological polar surface area (TPSA) is 39.7 Å². The Morgan fingerprint density at radius 3 is 2.71 bits per heavy atom. The number of nitrogens with one attached hydrogen (secondary N) is 1. The third kappa shape index (κ3) is 5.49. The van der Waals surface area contributed by atoms with Gasteiger partial charge in [0.05, 0.1) is 17.7 Å². The molecule has 0 aromatic heterocycles.